The van der Waals surface area contributed by atoms with Gasteiger partial charge in [0.05, 0.1) is 0 Å². The maximum Gasteiger partial charge on any atom is 0.275 e. The molecule has 2 rings (SSSR count). The summed E-state index contributed by atoms with van der Waals surface area (Å²) in [7, 11) is 0. The molecule has 6 heteroatoms. The summed E-state index contributed by atoms with van der Waals surface area (Å²) in [5.41, 5.74) is 1.91. The van der Waals surface area contributed by atoms with Crippen LogP contribution < -0.4 is 0 Å². The van der Waals surface area contributed by atoms with E-state index in [9.17, 15) is 4.79 Å². The van der Waals surface area contributed by atoms with E-state index in [0.717, 1.165) is 9.13 Å². The molecule has 0 bridgehead atoms. The number of hydrogen-bond donors (Lipinski definition) is 0. The molecule has 1 amide bonds. The van der Waals surface area contributed by atoms with Gasteiger partial charge in [-0.15, -0.1) is 0 Å². The fraction of sp³-hybridized carbons (Fsp3) is 0.333. The van der Waals surface area contributed by atoms with Gasteiger partial charge >= 0.3 is 0 Å². The summed E-state index contributed by atoms with van der Waals surface area (Å²) >= 11 is 2.18. The van der Waals surface area contributed by atoms with E-state index in [1.165, 1.54) is 0 Å². The lowest BCUT2D eigenvalue weighted by Crippen LogP contribution is -2.42. The molecule has 0 N–H and O–H groups in total. The number of aliphatic imine (C=N–C) groups is 1. The lowest BCUT2D eigenvalue weighted by molar-refractivity contribution is 0.0638. The quantitative estimate of drug-likeness (QED) is 0.524. The molecule has 2 aromatic rings. The van der Waals surface area contributed by atoms with Crippen LogP contribution >= 0.6 is 22.6 Å². The molecule has 0 aliphatic carbocycles. The maximum atomic E-state index is 13.0. The third-order valence-electron chi connectivity index (χ3n) is 3.47. The van der Waals surface area contributed by atoms with E-state index in [1.54, 1.807) is 24.8 Å². The van der Waals surface area contributed by atoms with Gasteiger partial charge in [0.1, 0.15) is 5.69 Å². The van der Waals surface area contributed by atoms with Crippen LogP contribution in [0.15, 0.2) is 41.8 Å². The first-order chi connectivity index (χ1) is 11.4. The highest BCUT2D eigenvalue weighted by molar-refractivity contribution is 14.1. The van der Waals surface area contributed by atoms with Gasteiger partial charge in [-0.25, -0.2) is 4.98 Å². The fourth-order valence-corrected chi connectivity index (χ4v) is 3.04. The van der Waals surface area contributed by atoms with Crippen LogP contribution in [0.1, 0.15) is 43.7 Å². The Hall–Kier alpha value is -1.83. The monoisotopic (exact) mass is 436 g/mol. The van der Waals surface area contributed by atoms with E-state index in [4.69, 9.17) is 0 Å². The number of halogens is 1. The van der Waals surface area contributed by atoms with Crippen molar-refractivity contribution in [3.05, 3.63) is 51.6 Å². The molecule has 0 saturated heterocycles. The molecule has 0 aliphatic heterocycles. The van der Waals surface area contributed by atoms with Crippen molar-refractivity contribution >= 4 is 40.4 Å². The standard InChI is InChI=1S/C18H21IN4O/c1-12(2)23(13(3)4)18(24)17-16(15(19)7-10-21-17)22-11-14-5-8-20-9-6-14/h5-13H,1-4H3. The average Bonchev–Trinajstić information content (AvgIpc) is 2.53. The summed E-state index contributed by atoms with van der Waals surface area (Å²) in [6, 6.07) is 5.76. The van der Waals surface area contributed by atoms with Gasteiger partial charge in [-0.2, -0.15) is 0 Å². The van der Waals surface area contributed by atoms with E-state index in [-0.39, 0.29) is 18.0 Å². The van der Waals surface area contributed by atoms with Crippen LogP contribution in [-0.2, 0) is 0 Å². The van der Waals surface area contributed by atoms with Gasteiger partial charge in [-0.1, -0.05) is 0 Å². The Kier molecular flexibility index (Phi) is 6.42. The molecule has 0 unspecified atom stereocenters. The van der Waals surface area contributed by atoms with Gasteiger partial charge in [-0.05, 0) is 74.0 Å². The summed E-state index contributed by atoms with van der Waals surface area (Å²) < 4.78 is 0.892. The zero-order valence-corrected chi connectivity index (χ0v) is 16.4. The molecular weight excluding hydrogens is 415 g/mol. The molecule has 0 fully saturated rings. The van der Waals surface area contributed by atoms with Crippen LogP contribution in [0.3, 0.4) is 0 Å². The summed E-state index contributed by atoms with van der Waals surface area (Å²) in [4.78, 5) is 27.6. The van der Waals surface area contributed by atoms with Gasteiger partial charge in [0.25, 0.3) is 5.91 Å². The van der Waals surface area contributed by atoms with Crippen molar-refractivity contribution in [1.82, 2.24) is 14.9 Å². The topological polar surface area (TPSA) is 58.5 Å². The molecule has 0 saturated carbocycles. The van der Waals surface area contributed by atoms with Gasteiger partial charge < -0.3 is 4.90 Å². The Morgan fingerprint density at radius 2 is 1.75 bits per heavy atom. The van der Waals surface area contributed by atoms with E-state index in [1.807, 2.05) is 50.8 Å². The summed E-state index contributed by atoms with van der Waals surface area (Å²) in [5, 5.41) is 0. The number of rotatable bonds is 5. The lowest BCUT2D eigenvalue weighted by atomic mass is 10.2. The molecule has 5 nitrogen and oxygen atoms in total. The third kappa shape index (κ3) is 4.37. The second-order valence-corrected chi connectivity index (χ2v) is 7.09. The maximum absolute atomic E-state index is 13.0. The van der Waals surface area contributed by atoms with Crippen molar-refractivity contribution in [3.8, 4) is 0 Å². The predicted molar refractivity (Wildman–Crippen MR) is 105 cm³/mol. The number of amides is 1. The third-order valence-corrected chi connectivity index (χ3v) is 4.34. The smallest absolute Gasteiger partial charge is 0.275 e. The molecule has 126 valence electrons. The van der Waals surface area contributed by atoms with E-state index >= 15 is 0 Å². The van der Waals surface area contributed by atoms with Gasteiger partial charge in [0.15, 0.2) is 5.69 Å². The van der Waals surface area contributed by atoms with Crippen molar-refractivity contribution in [2.45, 2.75) is 39.8 Å². The summed E-state index contributed by atoms with van der Waals surface area (Å²) in [6.07, 6.45) is 6.80. The van der Waals surface area contributed by atoms with Gasteiger partial charge in [0.2, 0.25) is 0 Å². The highest BCUT2D eigenvalue weighted by Gasteiger charge is 2.25. The highest BCUT2D eigenvalue weighted by Crippen LogP contribution is 2.26. The van der Waals surface area contributed by atoms with Crippen LogP contribution in [0.5, 0.6) is 0 Å². The van der Waals surface area contributed by atoms with Crippen LogP contribution in [0, 0.1) is 3.57 Å². The molecule has 0 radical (unpaired) electrons. The summed E-state index contributed by atoms with van der Waals surface area (Å²) in [6.45, 7) is 8.02. The van der Waals surface area contributed by atoms with Crippen LogP contribution in [0.2, 0.25) is 0 Å². The van der Waals surface area contributed by atoms with Crippen LogP contribution in [-0.4, -0.2) is 39.1 Å². The van der Waals surface area contributed by atoms with Crippen molar-refractivity contribution in [3.63, 3.8) is 0 Å². The SMILES string of the molecule is CC(C)N(C(=O)c1nccc(I)c1N=Cc1ccncc1)C(C)C. The van der Waals surface area contributed by atoms with Crippen molar-refractivity contribution in [2.24, 2.45) is 4.99 Å². The van der Waals surface area contributed by atoms with Gasteiger partial charge in [0, 0.05) is 40.5 Å². The number of carbonyl (C=O) groups is 1. The van der Waals surface area contributed by atoms with Crippen molar-refractivity contribution in [2.75, 3.05) is 0 Å². The first-order valence-electron chi connectivity index (χ1n) is 7.83. The largest absolute Gasteiger partial charge is 0.332 e. The molecule has 24 heavy (non-hydrogen) atoms. The second-order valence-electron chi connectivity index (χ2n) is 5.93. The lowest BCUT2D eigenvalue weighted by Gasteiger charge is -2.30. The predicted octanol–water partition coefficient (Wildman–Crippen LogP) is 4.09. The molecule has 0 aliphatic rings. The van der Waals surface area contributed by atoms with Crippen LogP contribution in [0.25, 0.3) is 0 Å². The number of aromatic nitrogens is 2. The minimum atomic E-state index is -0.0969. The first kappa shape index (κ1) is 18.5. The highest BCUT2D eigenvalue weighted by atomic mass is 127. The fourth-order valence-electron chi connectivity index (χ4n) is 2.49. The van der Waals surface area contributed by atoms with Crippen molar-refractivity contribution in [1.29, 1.82) is 0 Å². The summed E-state index contributed by atoms with van der Waals surface area (Å²) in [5.74, 6) is -0.0969. The first-order valence-corrected chi connectivity index (χ1v) is 8.91. The number of hydrogen-bond acceptors (Lipinski definition) is 4. The molecule has 2 aromatic heterocycles. The molecule has 0 spiro atoms. The van der Waals surface area contributed by atoms with Crippen LogP contribution in [0.4, 0.5) is 5.69 Å². The number of nitrogens with zero attached hydrogens (tertiary/aromatic N) is 4. The minimum absolute atomic E-state index is 0.0918. The molecule has 0 aromatic carbocycles. The van der Waals surface area contributed by atoms with E-state index in [2.05, 4.69) is 37.6 Å². The van der Waals surface area contributed by atoms with Gasteiger partial charge in [-0.3, -0.25) is 14.8 Å². The zero-order valence-electron chi connectivity index (χ0n) is 14.3. The Labute approximate surface area is 156 Å². The van der Waals surface area contributed by atoms with E-state index < -0.39 is 0 Å². The normalized spacial score (nSPS) is 11.5. The Balaban J connectivity index is 2.43. The average molecular weight is 436 g/mol. The molecular formula is C18H21IN4O. The second kappa shape index (κ2) is 8.32. The van der Waals surface area contributed by atoms with E-state index in [0.29, 0.717) is 11.4 Å². The molecule has 0 atom stereocenters. The van der Waals surface area contributed by atoms with Crippen molar-refractivity contribution < 1.29 is 4.79 Å². The Morgan fingerprint density at radius 1 is 1.12 bits per heavy atom. The number of pyridine rings is 2. The zero-order chi connectivity index (χ0) is 17.7. The molecule has 2 heterocycles. The Morgan fingerprint density at radius 3 is 2.33 bits per heavy atom. The minimum Gasteiger partial charge on any atom is -0.332 e. The Bertz CT molecular complexity index is 721. The number of carbonyl (C=O) groups excluding carboxylic acids is 1.